The molecule has 0 spiro atoms. The van der Waals surface area contributed by atoms with Crippen molar-refractivity contribution in [3.05, 3.63) is 103 Å². The molecule has 132 valence electrons. The third-order valence-corrected chi connectivity index (χ3v) is 5.57. The maximum absolute atomic E-state index is 3.29. The van der Waals surface area contributed by atoms with Crippen LogP contribution in [0.1, 0.15) is 0 Å². The summed E-state index contributed by atoms with van der Waals surface area (Å²) >= 11 is 0. The number of nitrogens with one attached hydrogen (secondary N) is 1. The van der Waals surface area contributed by atoms with Gasteiger partial charge in [-0.1, -0.05) is 60.7 Å². The van der Waals surface area contributed by atoms with Crippen LogP contribution in [-0.2, 0) is 0 Å². The first-order valence-corrected chi connectivity index (χ1v) is 9.55. The number of rotatable bonds is 2. The van der Waals surface area contributed by atoms with Crippen LogP contribution in [0.5, 0.6) is 0 Å². The van der Waals surface area contributed by atoms with Crippen molar-refractivity contribution < 1.29 is 0 Å². The van der Waals surface area contributed by atoms with Crippen LogP contribution in [0.3, 0.4) is 0 Å². The minimum Gasteiger partial charge on any atom is -0.361 e. The quantitative estimate of drug-likeness (QED) is 0.346. The first-order chi connectivity index (χ1) is 13.9. The predicted molar refractivity (Wildman–Crippen MR) is 118 cm³/mol. The number of hydrogen-bond donors (Lipinski definition) is 1. The Morgan fingerprint density at radius 2 is 1.46 bits per heavy atom. The van der Waals surface area contributed by atoms with E-state index in [9.17, 15) is 0 Å². The number of H-pyrrole nitrogens is 1. The Kier molecular flexibility index (Phi) is 3.20. The number of hydrogen-bond acceptors (Lipinski definition) is 0. The second kappa shape index (κ2) is 5.86. The number of para-hydroxylation sites is 3. The highest BCUT2D eigenvalue weighted by atomic mass is 15.0. The van der Waals surface area contributed by atoms with Crippen LogP contribution in [0.25, 0.3) is 49.5 Å². The topological polar surface area (TPSA) is 20.7 Å². The summed E-state index contributed by atoms with van der Waals surface area (Å²) in [5.74, 6) is 0. The molecule has 2 nitrogen and oxygen atoms in total. The van der Waals surface area contributed by atoms with Crippen LogP contribution in [0.15, 0.2) is 103 Å². The van der Waals surface area contributed by atoms with Gasteiger partial charge in [-0.3, -0.25) is 0 Å². The molecular weight excluding hydrogens is 340 g/mol. The smallest absolute Gasteiger partial charge is 0.0619 e. The zero-order valence-electron chi connectivity index (χ0n) is 15.3. The van der Waals surface area contributed by atoms with E-state index in [1.165, 1.54) is 49.5 Å². The van der Waals surface area contributed by atoms with Crippen molar-refractivity contribution in [2.75, 3.05) is 0 Å². The Hall–Kier alpha value is -3.78. The predicted octanol–water partition coefficient (Wildman–Crippen LogP) is 6.93. The van der Waals surface area contributed by atoms with Gasteiger partial charge in [-0.25, -0.2) is 0 Å². The fourth-order valence-corrected chi connectivity index (χ4v) is 4.32. The van der Waals surface area contributed by atoms with Crippen molar-refractivity contribution in [1.82, 2.24) is 9.55 Å². The highest BCUT2D eigenvalue weighted by Crippen LogP contribution is 2.38. The molecule has 0 unspecified atom stereocenters. The van der Waals surface area contributed by atoms with Crippen LogP contribution >= 0.6 is 0 Å². The largest absolute Gasteiger partial charge is 0.361 e. The van der Waals surface area contributed by atoms with Gasteiger partial charge in [-0.15, -0.1) is 0 Å². The molecule has 2 heteroatoms. The molecule has 0 atom stereocenters. The zero-order chi connectivity index (χ0) is 18.5. The Balaban J connectivity index is 1.77. The fourth-order valence-electron chi connectivity index (χ4n) is 4.32. The minimum absolute atomic E-state index is 1.17. The summed E-state index contributed by atoms with van der Waals surface area (Å²) in [5.41, 5.74) is 7.32. The van der Waals surface area contributed by atoms with E-state index in [1.807, 2.05) is 6.20 Å². The summed E-state index contributed by atoms with van der Waals surface area (Å²) in [6.07, 6.45) is 2.00. The highest BCUT2D eigenvalue weighted by Gasteiger charge is 2.16. The monoisotopic (exact) mass is 358 g/mol. The number of aromatic nitrogens is 2. The van der Waals surface area contributed by atoms with Gasteiger partial charge in [-0.2, -0.15) is 0 Å². The maximum Gasteiger partial charge on any atom is 0.0619 e. The van der Waals surface area contributed by atoms with Crippen LogP contribution in [-0.4, -0.2) is 9.55 Å². The van der Waals surface area contributed by atoms with E-state index in [0.717, 1.165) is 0 Å². The van der Waals surface area contributed by atoms with E-state index >= 15 is 0 Å². The Morgan fingerprint density at radius 3 is 2.39 bits per heavy atom. The Labute approximate surface area is 162 Å². The molecule has 0 aliphatic rings. The van der Waals surface area contributed by atoms with Gasteiger partial charge in [0, 0.05) is 33.7 Å². The number of aromatic amines is 1. The molecule has 0 aliphatic carbocycles. The number of fused-ring (bicyclic) bond motifs is 4. The summed E-state index contributed by atoms with van der Waals surface area (Å²) in [6, 6.07) is 34.7. The average Bonchev–Trinajstić information content (AvgIpc) is 3.36. The van der Waals surface area contributed by atoms with Gasteiger partial charge >= 0.3 is 0 Å². The van der Waals surface area contributed by atoms with E-state index in [4.69, 9.17) is 0 Å². The van der Waals surface area contributed by atoms with Crippen molar-refractivity contribution >= 4 is 32.7 Å². The molecule has 1 N–H and O–H groups in total. The molecule has 28 heavy (non-hydrogen) atoms. The highest BCUT2D eigenvalue weighted by molar-refractivity contribution is 6.14. The van der Waals surface area contributed by atoms with E-state index in [2.05, 4.69) is 107 Å². The van der Waals surface area contributed by atoms with Crippen LogP contribution < -0.4 is 0 Å². The Bertz CT molecular complexity index is 1450. The number of benzene rings is 4. The minimum atomic E-state index is 1.17. The van der Waals surface area contributed by atoms with Gasteiger partial charge < -0.3 is 9.55 Å². The standard InChI is InChI=1S/C26H18N2/c1-2-7-20(8-3-1)28-25-12-5-4-9-22(25)23-11-6-10-21(26(23)28)18-13-14-24-19(17-18)15-16-27-24/h1-17,27H. The van der Waals surface area contributed by atoms with E-state index in [0.29, 0.717) is 0 Å². The SMILES string of the molecule is c1ccc(-n2c3ccccc3c3cccc(-c4ccc5[nH]ccc5c4)c32)cc1. The molecule has 0 fully saturated rings. The summed E-state index contributed by atoms with van der Waals surface area (Å²) in [5, 5.41) is 3.80. The normalized spacial score (nSPS) is 11.6. The molecule has 0 aliphatic heterocycles. The van der Waals surface area contributed by atoms with Gasteiger partial charge in [0.1, 0.15) is 0 Å². The van der Waals surface area contributed by atoms with Gasteiger partial charge in [-0.05, 0) is 47.3 Å². The molecular formula is C26H18N2. The lowest BCUT2D eigenvalue weighted by Crippen LogP contribution is -1.95. The first-order valence-electron chi connectivity index (χ1n) is 9.55. The number of nitrogens with zero attached hydrogens (tertiary/aromatic N) is 1. The third kappa shape index (κ3) is 2.15. The molecule has 0 radical (unpaired) electrons. The van der Waals surface area contributed by atoms with Crippen molar-refractivity contribution in [3.63, 3.8) is 0 Å². The average molecular weight is 358 g/mol. The molecule has 0 bridgehead atoms. The summed E-state index contributed by atoms with van der Waals surface area (Å²) in [6.45, 7) is 0. The van der Waals surface area contributed by atoms with Crippen molar-refractivity contribution in [3.8, 4) is 16.8 Å². The molecule has 2 aromatic heterocycles. The van der Waals surface area contributed by atoms with Crippen LogP contribution in [0.4, 0.5) is 0 Å². The van der Waals surface area contributed by atoms with Gasteiger partial charge in [0.05, 0.1) is 11.0 Å². The summed E-state index contributed by atoms with van der Waals surface area (Å²) < 4.78 is 2.39. The fraction of sp³-hybridized carbons (Fsp3) is 0. The second-order valence-corrected chi connectivity index (χ2v) is 7.17. The van der Waals surface area contributed by atoms with Gasteiger partial charge in [0.2, 0.25) is 0 Å². The zero-order valence-corrected chi connectivity index (χ0v) is 15.3. The molecule has 0 amide bonds. The molecule has 0 saturated carbocycles. The third-order valence-electron chi connectivity index (χ3n) is 5.57. The van der Waals surface area contributed by atoms with E-state index in [1.54, 1.807) is 0 Å². The first kappa shape index (κ1) is 15.3. The molecule has 2 heterocycles. The lowest BCUT2D eigenvalue weighted by molar-refractivity contribution is 1.18. The van der Waals surface area contributed by atoms with Gasteiger partial charge in [0.15, 0.2) is 0 Å². The van der Waals surface area contributed by atoms with E-state index in [-0.39, 0.29) is 0 Å². The van der Waals surface area contributed by atoms with E-state index < -0.39 is 0 Å². The molecule has 6 aromatic rings. The van der Waals surface area contributed by atoms with Gasteiger partial charge in [0.25, 0.3) is 0 Å². The van der Waals surface area contributed by atoms with Crippen LogP contribution in [0.2, 0.25) is 0 Å². The van der Waals surface area contributed by atoms with Crippen LogP contribution in [0, 0.1) is 0 Å². The Morgan fingerprint density at radius 1 is 0.643 bits per heavy atom. The molecule has 6 rings (SSSR count). The maximum atomic E-state index is 3.29. The molecule has 4 aromatic carbocycles. The second-order valence-electron chi connectivity index (χ2n) is 7.17. The summed E-state index contributed by atoms with van der Waals surface area (Å²) in [7, 11) is 0. The lowest BCUT2D eigenvalue weighted by Gasteiger charge is -2.11. The van der Waals surface area contributed by atoms with Crippen molar-refractivity contribution in [2.45, 2.75) is 0 Å². The van der Waals surface area contributed by atoms with Crippen molar-refractivity contribution in [1.29, 1.82) is 0 Å². The van der Waals surface area contributed by atoms with Crippen molar-refractivity contribution in [2.24, 2.45) is 0 Å². The summed E-state index contributed by atoms with van der Waals surface area (Å²) in [4.78, 5) is 3.29. The lowest BCUT2D eigenvalue weighted by atomic mass is 10.0. The molecule has 0 saturated heterocycles.